The van der Waals surface area contributed by atoms with Crippen molar-refractivity contribution in [2.24, 2.45) is 0 Å². The smallest absolute Gasteiger partial charge is 0.276 e. The fourth-order valence-corrected chi connectivity index (χ4v) is 5.67. The lowest BCUT2D eigenvalue weighted by Crippen LogP contribution is -2.50. The molecule has 1 N–H and O–H groups in total. The molecule has 0 aliphatic carbocycles. The molecule has 0 saturated carbocycles. The van der Waals surface area contributed by atoms with Crippen LogP contribution in [0.4, 0.5) is 0 Å². The van der Waals surface area contributed by atoms with Gasteiger partial charge in [0.2, 0.25) is 5.16 Å². The number of nitrogens with zero attached hydrogens (tertiary/aromatic N) is 4. The number of aromatic nitrogens is 3. The fraction of sp³-hybridized carbons (Fsp3) is 0.208. The molecule has 180 valence electrons. The van der Waals surface area contributed by atoms with Gasteiger partial charge in [-0.1, -0.05) is 29.8 Å². The predicted octanol–water partition coefficient (Wildman–Crippen LogP) is 2.97. The van der Waals surface area contributed by atoms with Crippen LogP contribution in [-0.2, 0) is 10.0 Å². The second-order valence-electron chi connectivity index (χ2n) is 8.33. The lowest BCUT2D eigenvalue weighted by atomic mass is 10.0. The standard InChI is InChI=1S/C24H22ClN5O4S/c1-16-15-19(9-10-30(16)32)17-5-7-18(8-6-17)23(31)28-11-13-29(14-12-28)35(33,34)24-26-21-4-2-3-20(25)22(21)27-24/h2-10,15H,11-14H2,1H3,(H,26,27). The average Bonchev–Trinajstić information content (AvgIpc) is 3.32. The van der Waals surface area contributed by atoms with Crippen molar-refractivity contribution < 1.29 is 17.9 Å². The number of amides is 1. The van der Waals surface area contributed by atoms with Crippen molar-refractivity contribution >= 4 is 38.6 Å². The van der Waals surface area contributed by atoms with Crippen LogP contribution in [0.15, 0.2) is 66.0 Å². The van der Waals surface area contributed by atoms with E-state index in [0.29, 0.717) is 27.3 Å². The molecule has 0 unspecified atom stereocenters. The Morgan fingerprint density at radius 3 is 2.43 bits per heavy atom. The van der Waals surface area contributed by atoms with Gasteiger partial charge in [-0.15, -0.1) is 0 Å². The van der Waals surface area contributed by atoms with E-state index >= 15 is 0 Å². The molecule has 11 heteroatoms. The molecule has 1 aliphatic rings. The van der Waals surface area contributed by atoms with Gasteiger partial charge >= 0.3 is 0 Å². The van der Waals surface area contributed by atoms with E-state index in [2.05, 4.69) is 9.97 Å². The van der Waals surface area contributed by atoms with E-state index in [1.165, 1.54) is 10.5 Å². The third-order valence-electron chi connectivity index (χ3n) is 6.12. The lowest BCUT2D eigenvalue weighted by Gasteiger charge is -2.33. The highest BCUT2D eigenvalue weighted by Gasteiger charge is 2.32. The van der Waals surface area contributed by atoms with Gasteiger partial charge < -0.3 is 15.1 Å². The molecule has 4 aromatic rings. The molecule has 0 atom stereocenters. The summed E-state index contributed by atoms with van der Waals surface area (Å²) in [6.45, 7) is 2.59. The topological polar surface area (TPSA) is 113 Å². The molecular weight excluding hydrogens is 490 g/mol. The van der Waals surface area contributed by atoms with Crippen molar-refractivity contribution in [2.45, 2.75) is 12.1 Å². The maximum atomic E-state index is 13.1. The van der Waals surface area contributed by atoms with Crippen LogP contribution in [0.2, 0.25) is 5.02 Å². The minimum Gasteiger partial charge on any atom is -0.619 e. The van der Waals surface area contributed by atoms with Crippen LogP contribution >= 0.6 is 11.6 Å². The molecule has 1 aliphatic heterocycles. The van der Waals surface area contributed by atoms with E-state index in [0.717, 1.165) is 15.9 Å². The number of benzene rings is 2. The van der Waals surface area contributed by atoms with Crippen molar-refractivity contribution in [3.8, 4) is 11.1 Å². The van der Waals surface area contributed by atoms with Crippen LogP contribution in [-0.4, -0.2) is 59.7 Å². The van der Waals surface area contributed by atoms with E-state index in [4.69, 9.17) is 11.6 Å². The third-order valence-corrected chi connectivity index (χ3v) is 8.15. The zero-order valence-corrected chi connectivity index (χ0v) is 20.4. The van der Waals surface area contributed by atoms with Gasteiger partial charge in [-0.3, -0.25) is 4.79 Å². The Kier molecular flexibility index (Phi) is 5.96. The summed E-state index contributed by atoms with van der Waals surface area (Å²) in [4.78, 5) is 21.7. The zero-order valence-electron chi connectivity index (χ0n) is 18.8. The Morgan fingerprint density at radius 2 is 1.77 bits per heavy atom. The van der Waals surface area contributed by atoms with Gasteiger partial charge in [-0.25, -0.2) is 13.4 Å². The second kappa shape index (κ2) is 8.95. The second-order valence-corrected chi connectivity index (χ2v) is 10.6. The highest BCUT2D eigenvalue weighted by Crippen LogP contribution is 2.25. The van der Waals surface area contributed by atoms with E-state index < -0.39 is 10.0 Å². The Morgan fingerprint density at radius 1 is 1.06 bits per heavy atom. The highest BCUT2D eigenvalue weighted by molar-refractivity contribution is 7.89. The molecule has 2 aromatic carbocycles. The summed E-state index contributed by atoms with van der Waals surface area (Å²) < 4.78 is 28.3. The van der Waals surface area contributed by atoms with Crippen molar-refractivity contribution in [2.75, 3.05) is 26.2 Å². The SMILES string of the molecule is Cc1cc(-c2ccc(C(=O)N3CCN(S(=O)(=O)c4nc5c(Cl)cccc5[nH]4)CC3)cc2)cc[n+]1[O-]. The number of nitrogens with one attached hydrogen (secondary N) is 1. The molecule has 2 aromatic heterocycles. The molecule has 0 spiro atoms. The van der Waals surface area contributed by atoms with Crippen molar-refractivity contribution in [3.63, 3.8) is 0 Å². The summed E-state index contributed by atoms with van der Waals surface area (Å²) in [5.41, 5.74) is 3.84. The summed E-state index contributed by atoms with van der Waals surface area (Å²) in [6.07, 6.45) is 1.46. The van der Waals surface area contributed by atoms with E-state index in [9.17, 15) is 18.4 Å². The quantitative estimate of drug-likeness (QED) is 0.334. The summed E-state index contributed by atoms with van der Waals surface area (Å²) in [5.74, 6) is -0.161. The zero-order chi connectivity index (χ0) is 24.7. The van der Waals surface area contributed by atoms with Gasteiger partial charge in [0.05, 0.1) is 10.5 Å². The first kappa shape index (κ1) is 23.3. The number of pyridine rings is 1. The maximum Gasteiger partial charge on any atom is 0.276 e. The molecule has 1 fully saturated rings. The van der Waals surface area contributed by atoms with Gasteiger partial charge in [0.25, 0.3) is 15.9 Å². The summed E-state index contributed by atoms with van der Waals surface area (Å²) in [7, 11) is -3.85. The summed E-state index contributed by atoms with van der Waals surface area (Å²) >= 11 is 6.13. The number of para-hydroxylation sites is 1. The largest absolute Gasteiger partial charge is 0.619 e. The number of hydrogen-bond acceptors (Lipinski definition) is 5. The van der Waals surface area contributed by atoms with Crippen LogP contribution in [0.5, 0.6) is 0 Å². The molecule has 1 saturated heterocycles. The average molecular weight is 512 g/mol. The van der Waals surface area contributed by atoms with Crippen molar-refractivity contribution in [1.82, 2.24) is 19.2 Å². The Bertz CT molecular complexity index is 1530. The monoisotopic (exact) mass is 511 g/mol. The first-order valence-electron chi connectivity index (χ1n) is 11.0. The van der Waals surface area contributed by atoms with E-state index in [1.54, 1.807) is 54.3 Å². The van der Waals surface area contributed by atoms with Crippen molar-refractivity contribution in [1.29, 1.82) is 0 Å². The van der Waals surface area contributed by atoms with E-state index in [1.807, 2.05) is 12.1 Å². The molecule has 0 radical (unpaired) electrons. The van der Waals surface area contributed by atoms with Crippen molar-refractivity contribution in [3.05, 3.63) is 82.3 Å². The maximum absolute atomic E-state index is 13.1. The number of carbonyl (C=O) groups is 1. The molecular formula is C24H22ClN5O4S. The Balaban J connectivity index is 1.27. The fourth-order valence-electron chi connectivity index (χ4n) is 4.12. The normalized spacial score (nSPS) is 15.0. The number of halogens is 1. The Hall–Kier alpha value is -3.47. The minimum atomic E-state index is -3.85. The number of carbonyl (C=O) groups excluding carboxylic acids is 1. The number of fused-ring (bicyclic) bond motifs is 1. The van der Waals surface area contributed by atoms with Gasteiger partial charge in [0.1, 0.15) is 5.52 Å². The summed E-state index contributed by atoms with van der Waals surface area (Å²) in [6, 6.07) is 15.8. The molecule has 3 heterocycles. The number of H-pyrrole nitrogens is 1. The first-order chi connectivity index (χ1) is 16.7. The Labute approximate surface area is 207 Å². The number of sulfonamides is 1. The summed E-state index contributed by atoms with van der Waals surface area (Å²) in [5, 5.41) is 11.8. The predicted molar refractivity (Wildman–Crippen MR) is 131 cm³/mol. The third kappa shape index (κ3) is 4.36. The lowest BCUT2D eigenvalue weighted by molar-refractivity contribution is -0.612. The number of aryl methyl sites for hydroxylation is 1. The molecule has 35 heavy (non-hydrogen) atoms. The number of piperazine rings is 1. The highest BCUT2D eigenvalue weighted by atomic mass is 35.5. The van der Waals surface area contributed by atoms with Gasteiger partial charge in [0.15, 0.2) is 11.9 Å². The number of hydrogen-bond donors (Lipinski definition) is 1. The number of rotatable bonds is 4. The molecule has 5 rings (SSSR count). The van der Waals surface area contributed by atoms with Gasteiger partial charge in [0, 0.05) is 50.8 Å². The van der Waals surface area contributed by atoms with Crippen LogP contribution in [0.3, 0.4) is 0 Å². The van der Waals surface area contributed by atoms with E-state index in [-0.39, 0.29) is 37.2 Å². The first-order valence-corrected chi connectivity index (χ1v) is 12.8. The van der Waals surface area contributed by atoms with Crippen LogP contribution in [0.25, 0.3) is 22.2 Å². The van der Waals surface area contributed by atoms with Gasteiger partial charge in [-0.05, 0) is 35.4 Å². The molecule has 9 nitrogen and oxygen atoms in total. The van der Waals surface area contributed by atoms with Crippen LogP contribution < -0.4 is 4.73 Å². The van der Waals surface area contributed by atoms with Gasteiger partial charge in [-0.2, -0.15) is 9.04 Å². The molecule has 0 bridgehead atoms. The molecule has 1 amide bonds. The van der Waals surface area contributed by atoms with Crippen LogP contribution in [0.1, 0.15) is 16.1 Å². The van der Waals surface area contributed by atoms with Crippen LogP contribution in [0, 0.1) is 12.1 Å². The minimum absolute atomic E-state index is 0.158. The number of imidazole rings is 1. The number of aromatic amines is 1.